The number of nitrogens with zero attached hydrogens (tertiary/aromatic N) is 1. The maximum absolute atomic E-state index is 12.8. The highest BCUT2D eigenvalue weighted by Gasteiger charge is 2.24. The van der Waals surface area contributed by atoms with Crippen LogP contribution in [0.25, 0.3) is 0 Å². The van der Waals surface area contributed by atoms with Gasteiger partial charge >= 0.3 is 0 Å². The minimum atomic E-state index is -3.91. The number of carbonyl (C=O) groups is 1. The Morgan fingerprint density at radius 1 is 1.28 bits per heavy atom. The van der Waals surface area contributed by atoms with Crippen LogP contribution in [0.4, 0.5) is 5.69 Å². The number of sulfonamides is 1. The molecule has 1 saturated carbocycles. The molecule has 0 unspecified atom stereocenters. The molecule has 0 atom stereocenters. The Hall–Kier alpha value is -2.36. The second-order valence-electron chi connectivity index (χ2n) is 6.97. The number of ether oxygens (including phenoxy) is 2. The summed E-state index contributed by atoms with van der Waals surface area (Å²) < 4.78 is 39.2. The van der Waals surface area contributed by atoms with Gasteiger partial charge in [-0.05, 0) is 43.4 Å². The van der Waals surface area contributed by atoms with Crippen LogP contribution in [0.1, 0.15) is 31.2 Å². The van der Waals surface area contributed by atoms with Crippen LogP contribution in [-0.2, 0) is 21.4 Å². The summed E-state index contributed by atoms with van der Waals surface area (Å²) in [7, 11) is -3.91. The maximum atomic E-state index is 12.8. The average molecular weight is 438 g/mol. The van der Waals surface area contributed by atoms with Gasteiger partial charge in [-0.3, -0.25) is 4.79 Å². The molecular formula is C19H20ClN3O5S. The van der Waals surface area contributed by atoms with Crippen LogP contribution in [-0.4, -0.2) is 32.0 Å². The Labute approximate surface area is 173 Å². The van der Waals surface area contributed by atoms with Gasteiger partial charge in [0.15, 0.2) is 6.61 Å². The van der Waals surface area contributed by atoms with Gasteiger partial charge in [-0.25, -0.2) is 18.1 Å². The number of nitrogens with one attached hydrogen (secondary N) is 2. The van der Waals surface area contributed by atoms with Crippen molar-refractivity contribution in [3.05, 3.63) is 41.0 Å². The summed E-state index contributed by atoms with van der Waals surface area (Å²) in [5, 5.41) is 2.58. The molecule has 8 nitrogen and oxygen atoms in total. The molecule has 154 valence electrons. The lowest BCUT2D eigenvalue weighted by Crippen LogP contribution is -2.27. The molecule has 2 aromatic rings. The average Bonchev–Trinajstić information content (AvgIpc) is 3.19. The lowest BCUT2D eigenvalue weighted by atomic mass is 10.2. The van der Waals surface area contributed by atoms with Crippen LogP contribution in [0, 0.1) is 0 Å². The van der Waals surface area contributed by atoms with Crippen LogP contribution in [0.15, 0.2) is 35.4 Å². The van der Waals surface area contributed by atoms with Crippen molar-refractivity contribution in [1.29, 1.82) is 0 Å². The van der Waals surface area contributed by atoms with E-state index in [1.54, 1.807) is 18.3 Å². The molecule has 1 aliphatic carbocycles. The van der Waals surface area contributed by atoms with Gasteiger partial charge in [0.1, 0.15) is 16.7 Å². The molecule has 2 heterocycles. The number of amides is 1. The molecule has 0 bridgehead atoms. The van der Waals surface area contributed by atoms with Gasteiger partial charge < -0.3 is 14.8 Å². The molecule has 0 spiro atoms. The quantitative estimate of drug-likeness (QED) is 0.719. The summed E-state index contributed by atoms with van der Waals surface area (Å²) in [5.41, 5.74) is 1.06. The van der Waals surface area contributed by atoms with E-state index in [1.807, 2.05) is 0 Å². The van der Waals surface area contributed by atoms with E-state index >= 15 is 0 Å². The third-order valence-corrected chi connectivity index (χ3v) is 6.68. The van der Waals surface area contributed by atoms with Crippen LogP contribution in [0.3, 0.4) is 0 Å². The van der Waals surface area contributed by atoms with Crippen molar-refractivity contribution in [2.75, 3.05) is 11.9 Å². The fraction of sp³-hybridized carbons (Fsp3) is 0.368. The molecule has 1 aromatic carbocycles. The third-order valence-electron chi connectivity index (χ3n) is 4.81. The number of pyridine rings is 1. The van der Waals surface area contributed by atoms with E-state index in [4.69, 9.17) is 21.1 Å². The zero-order chi connectivity index (χ0) is 20.4. The zero-order valence-corrected chi connectivity index (χ0v) is 17.1. The van der Waals surface area contributed by atoms with Gasteiger partial charge in [0.25, 0.3) is 5.91 Å². The molecule has 10 heteroatoms. The molecule has 4 rings (SSSR count). The van der Waals surface area contributed by atoms with Gasteiger partial charge in [0.05, 0.1) is 10.7 Å². The predicted molar refractivity (Wildman–Crippen MR) is 107 cm³/mol. The summed E-state index contributed by atoms with van der Waals surface area (Å²) in [6.07, 6.45) is 6.09. The summed E-state index contributed by atoms with van der Waals surface area (Å²) >= 11 is 6.14. The standard InChI is InChI=1S/C19H20ClN3O5S/c20-14-8-15-16(27-11-18(24)23-15)9-17(14)29(25,26)22-10-12-5-6-21-19(7-12)28-13-3-1-2-4-13/h5-9,13,22H,1-4,10-11H2,(H,23,24). The van der Waals surface area contributed by atoms with Gasteiger partial charge in [-0.1, -0.05) is 11.6 Å². The molecule has 2 aliphatic rings. The van der Waals surface area contributed by atoms with Crippen molar-refractivity contribution in [2.45, 2.75) is 43.2 Å². The normalized spacial score (nSPS) is 16.8. The Balaban J connectivity index is 1.47. The van der Waals surface area contributed by atoms with E-state index in [9.17, 15) is 13.2 Å². The summed E-state index contributed by atoms with van der Waals surface area (Å²) in [5.74, 6) is 0.422. The minimum absolute atomic E-state index is 0.0120. The smallest absolute Gasteiger partial charge is 0.262 e. The fourth-order valence-corrected chi connectivity index (χ4v) is 4.90. The highest BCUT2D eigenvalue weighted by Crippen LogP contribution is 2.35. The van der Waals surface area contributed by atoms with Crippen molar-refractivity contribution in [2.24, 2.45) is 0 Å². The molecule has 1 aliphatic heterocycles. The molecule has 1 amide bonds. The summed E-state index contributed by atoms with van der Waals surface area (Å²) in [4.78, 5) is 15.5. The van der Waals surface area contributed by atoms with Gasteiger partial charge in [-0.15, -0.1) is 0 Å². The van der Waals surface area contributed by atoms with E-state index in [1.165, 1.54) is 12.1 Å². The van der Waals surface area contributed by atoms with Crippen LogP contribution < -0.4 is 19.5 Å². The molecule has 29 heavy (non-hydrogen) atoms. The number of rotatable bonds is 6. The number of benzene rings is 1. The monoisotopic (exact) mass is 437 g/mol. The van der Waals surface area contributed by atoms with Gasteiger partial charge in [0, 0.05) is 24.9 Å². The summed E-state index contributed by atoms with van der Waals surface area (Å²) in [6, 6.07) is 6.12. The second-order valence-corrected chi connectivity index (χ2v) is 9.11. The van der Waals surface area contributed by atoms with E-state index < -0.39 is 10.0 Å². The number of hydrogen-bond donors (Lipinski definition) is 2. The van der Waals surface area contributed by atoms with Crippen LogP contribution in [0.2, 0.25) is 5.02 Å². The first-order chi connectivity index (χ1) is 13.9. The number of halogens is 1. The van der Waals surface area contributed by atoms with E-state index in [0.717, 1.165) is 25.7 Å². The first kappa shape index (κ1) is 19.9. The van der Waals surface area contributed by atoms with Crippen LogP contribution >= 0.6 is 11.6 Å². The molecule has 0 radical (unpaired) electrons. The van der Waals surface area contributed by atoms with E-state index in [0.29, 0.717) is 17.1 Å². The van der Waals surface area contributed by atoms with Crippen molar-refractivity contribution in [3.63, 3.8) is 0 Å². The Kier molecular flexibility index (Phi) is 5.62. The van der Waals surface area contributed by atoms with Gasteiger partial charge in [-0.2, -0.15) is 0 Å². The van der Waals surface area contributed by atoms with Crippen molar-refractivity contribution in [3.8, 4) is 11.6 Å². The highest BCUT2D eigenvalue weighted by atomic mass is 35.5. The maximum Gasteiger partial charge on any atom is 0.262 e. The second kappa shape index (κ2) is 8.17. The van der Waals surface area contributed by atoms with Crippen molar-refractivity contribution < 1.29 is 22.7 Å². The molecular weight excluding hydrogens is 418 g/mol. The van der Waals surface area contributed by atoms with Crippen LogP contribution in [0.5, 0.6) is 11.6 Å². The Bertz CT molecular complexity index is 1040. The predicted octanol–water partition coefficient (Wildman–Crippen LogP) is 2.87. The van der Waals surface area contributed by atoms with Crippen molar-refractivity contribution >= 4 is 33.2 Å². The minimum Gasteiger partial charge on any atom is -0.482 e. The Morgan fingerprint density at radius 3 is 2.86 bits per heavy atom. The number of carbonyl (C=O) groups excluding carboxylic acids is 1. The number of anilines is 1. The lowest BCUT2D eigenvalue weighted by molar-refractivity contribution is -0.118. The molecule has 1 aromatic heterocycles. The SMILES string of the molecule is O=C1COc2cc(S(=O)(=O)NCc3ccnc(OC4CCCC4)c3)c(Cl)cc2N1. The molecule has 0 saturated heterocycles. The van der Waals surface area contributed by atoms with Crippen molar-refractivity contribution in [1.82, 2.24) is 9.71 Å². The number of hydrogen-bond acceptors (Lipinski definition) is 6. The topological polar surface area (TPSA) is 107 Å². The van der Waals surface area contributed by atoms with E-state index in [-0.39, 0.29) is 40.8 Å². The number of fused-ring (bicyclic) bond motifs is 1. The molecule has 1 fully saturated rings. The molecule has 2 N–H and O–H groups in total. The lowest BCUT2D eigenvalue weighted by Gasteiger charge is -2.19. The number of aromatic nitrogens is 1. The largest absolute Gasteiger partial charge is 0.482 e. The zero-order valence-electron chi connectivity index (χ0n) is 15.5. The third kappa shape index (κ3) is 4.63. The first-order valence-corrected chi connectivity index (χ1v) is 11.1. The fourth-order valence-electron chi connectivity index (χ4n) is 3.35. The Morgan fingerprint density at radius 2 is 2.07 bits per heavy atom. The van der Waals surface area contributed by atoms with Gasteiger partial charge in [0.2, 0.25) is 15.9 Å². The summed E-state index contributed by atoms with van der Waals surface area (Å²) in [6.45, 7) is -0.126. The van der Waals surface area contributed by atoms with E-state index in [2.05, 4.69) is 15.0 Å². The first-order valence-electron chi connectivity index (χ1n) is 9.28. The highest BCUT2D eigenvalue weighted by molar-refractivity contribution is 7.89.